The summed E-state index contributed by atoms with van der Waals surface area (Å²) in [5, 5.41) is 1.64. The number of carbonyl (C=O) groups is 1. The first-order valence-electron chi connectivity index (χ1n) is 4.90. The molecular weight excluding hydrogens is 194 g/mol. The Morgan fingerprint density at radius 2 is 2.13 bits per heavy atom. The number of hydrazine groups is 1. The van der Waals surface area contributed by atoms with Crippen molar-refractivity contribution in [2.75, 3.05) is 20.8 Å². The summed E-state index contributed by atoms with van der Waals surface area (Å²) >= 11 is 0. The Balaban J connectivity index is 2.56. The van der Waals surface area contributed by atoms with Crippen LogP contribution in [0.15, 0.2) is 12.0 Å². The largest absolute Gasteiger partial charge is 0.474 e. The normalized spacial score (nSPS) is 15.8. The summed E-state index contributed by atoms with van der Waals surface area (Å²) in [5.74, 6) is 0.876. The highest BCUT2D eigenvalue weighted by atomic mass is 16.5. The van der Waals surface area contributed by atoms with E-state index in [0.717, 1.165) is 5.76 Å². The number of allylic oxidation sites excluding steroid dienone is 1. The Kier molecular flexibility index (Phi) is 3.12. The Morgan fingerprint density at radius 3 is 2.53 bits per heavy atom. The van der Waals surface area contributed by atoms with Gasteiger partial charge in [-0.1, -0.05) is 20.8 Å². The van der Waals surface area contributed by atoms with Crippen molar-refractivity contribution < 1.29 is 9.53 Å². The van der Waals surface area contributed by atoms with Crippen molar-refractivity contribution in [3.05, 3.63) is 12.0 Å². The minimum absolute atomic E-state index is 0.0302. The zero-order valence-electron chi connectivity index (χ0n) is 10.00. The van der Waals surface area contributed by atoms with Gasteiger partial charge in [-0.2, -0.15) is 0 Å². The standard InChI is InChI=1S/C10H19N3O2/c1-10(2,3)8-6-13(7-15-8)11-9(14)12(4)5/h6H,7H2,1-5H3,(H,11,14). The van der Waals surface area contributed by atoms with E-state index in [0.29, 0.717) is 6.73 Å². The second kappa shape index (κ2) is 4.00. The fourth-order valence-corrected chi connectivity index (χ4v) is 1.05. The lowest BCUT2D eigenvalue weighted by atomic mass is 9.95. The van der Waals surface area contributed by atoms with Crippen molar-refractivity contribution in [2.24, 2.45) is 5.41 Å². The minimum atomic E-state index is -0.162. The molecule has 1 rings (SSSR count). The van der Waals surface area contributed by atoms with Crippen LogP contribution >= 0.6 is 0 Å². The maximum Gasteiger partial charge on any atom is 0.335 e. The molecule has 1 N–H and O–H groups in total. The van der Waals surface area contributed by atoms with Crippen molar-refractivity contribution in [1.29, 1.82) is 0 Å². The molecular formula is C10H19N3O2. The minimum Gasteiger partial charge on any atom is -0.474 e. The van der Waals surface area contributed by atoms with Crippen LogP contribution in [0.25, 0.3) is 0 Å². The van der Waals surface area contributed by atoms with Crippen LogP contribution in [-0.2, 0) is 4.74 Å². The Morgan fingerprint density at radius 1 is 1.53 bits per heavy atom. The molecule has 86 valence electrons. The van der Waals surface area contributed by atoms with Crippen LogP contribution in [-0.4, -0.2) is 36.8 Å². The quantitative estimate of drug-likeness (QED) is 0.715. The molecule has 0 aromatic carbocycles. The zero-order valence-corrected chi connectivity index (χ0v) is 10.00. The maximum absolute atomic E-state index is 11.3. The van der Waals surface area contributed by atoms with Gasteiger partial charge in [0.05, 0.1) is 6.20 Å². The molecule has 15 heavy (non-hydrogen) atoms. The molecule has 0 saturated carbocycles. The number of hydrogen-bond donors (Lipinski definition) is 1. The van der Waals surface area contributed by atoms with E-state index in [-0.39, 0.29) is 11.4 Å². The molecule has 1 aliphatic rings. The summed E-state index contributed by atoms with van der Waals surface area (Å²) in [4.78, 5) is 12.8. The molecule has 0 atom stereocenters. The first kappa shape index (κ1) is 11.7. The van der Waals surface area contributed by atoms with Gasteiger partial charge in [0.25, 0.3) is 0 Å². The molecule has 2 amide bonds. The fourth-order valence-electron chi connectivity index (χ4n) is 1.05. The number of rotatable bonds is 1. The lowest BCUT2D eigenvalue weighted by Crippen LogP contribution is -2.43. The summed E-state index contributed by atoms with van der Waals surface area (Å²) in [6.07, 6.45) is 1.82. The third-order valence-electron chi connectivity index (χ3n) is 2.02. The van der Waals surface area contributed by atoms with Gasteiger partial charge in [-0.05, 0) is 0 Å². The molecule has 0 fully saturated rings. The Bertz CT molecular complexity index is 279. The van der Waals surface area contributed by atoms with Crippen LogP contribution in [0.3, 0.4) is 0 Å². The van der Waals surface area contributed by atoms with Gasteiger partial charge in [-0.15, -0.1) is 0 Å². The molecule has 0 radical (unpaired) electrons. The van der Waals surface area contributed by atoms with E-state index < -0.39 is 0 Å². The van der Waals surface area contributed by atoms with Crippen molar-refractivity contribution in [1.82, 2.24) is 15.3 Å². The molecule has 0 spiro atoms. The third-order valence-corrected chi connectivity index (χ3v) is 2.02. The number of carbonyl (C=O) groups excluding carboxylic acids is 1. The monoisotopic (exact) mass is 213 g/mol. The average Bonchev–Trinajstić information content (AvgIpc) is 2.51. The van der Waals surface area contributed by atoms with Gasteiger partial charge in [-0.3, -0.25) is 5.01 Å². The first-order chi connectivity index (χ1) is 6.80. The number of nitrogens with one attached hydrogen (secondary N) is 1. The molecule has 5 heteroatoms. The average molecular weight is 213 g/mol. The SMILES string of the molecule is CN(C)C(=O)NN1C=C(C(C)(C)C)OC1. The van der Waals surface area contributed by atoms with E-state index in [9.17, 15) is 4.79 Å². The highest BCUT2D eigenvalue weighted by Crippen LogP contribution is 2.29. The van der Waals surface area contributed by atoms with Crippen LogP contribution in [0, 0.1) is 5.41 Å². The number of urea groups is 1. The van der Waals surface area contributed by atoms with E-state index in [1.165, 1.54) is 4.90 Å². The van der Waals surface area contributed by atoms with Crippen molar-refractivity contribution >= 4 is 6.03 Å². The smallest absolute Gasteiger partial charge is 0.335 e. The van der Waals surface area contributed by atoms with Crippen LogP contribution in [0.2, 0.25) is 0 Å². The molecule has 0 aromatic rings. The summed E-state index contributed by atoms with van der Waals surface area (Å²) in [6, 6.07) is -0.162. The summed E-state index contributed by atoms with van der Waals surface area (Å²) in [6.45, 7) is 6.56. The molecule has 0 bridgehead atoms. The van der Waals surface area contributed by atoms with E-state index in [1.54, 1.807) is 19.1 Å². The second-order valence-electron chi connectivity index (χ2n) is 4.80. The van der Waals surface area contributed by atoms with Crippen LogP contribution in [0.1, 0.15) is 20.8 Å². The lowest BCUT2D eigenvalue weighted by molar-refractivity contribution is 0.0960. The Hall–Kier alpha value is -1.39. The number of hydrogen-bond acceptors (Lipinski definition) is 3. The van der Waals surface area contributed by atoms with Gasteiger partial charge in [-0.25, -0.2) is 10.2 Å². The topological polar surface area (TPSA) is 44.8 Å². The summed E-state index contributed by atoms with van der Waals surface area (Å²) in [7, 11) is 3.39. The molecule has 0 aliphatic carbocycles. The number of ether oxygens (including phenoxy) is 1. The molecule has 1 heterocycles. The third kappa shape index (κ3) is 3.04. The van der Waals surface area contributed by atoms with Gasteiger partial charge in [0.2, 0.25) is 0 Å². The predicted octanol–water partition coefficient (Wildman–Crippen LogP) is 1.35. The fraction of sp³-hybridized carbons (Fsp3) is 0.700. The molecule has 0 saturated heterocycles. The molecule has 0 unspecified atom stereocenters. The van der Waals surface area contributed by atoms with Crippen LogP contribution in [0.5, 0.6) is 0 Å². The van der Waals surface area contributed by atoms with E-state index >= 15 is 0 Å². The number of nitrogens with zero attached hydrogens (tertiary/aromatic N) is 2. The van der Waals surface area contributed by atoms with Gasteiger partial charge >= 0.3 is 6.03 Å². The van der Waals surface area contributed by atoms with Crippen molar-refractivity contribution in [3.8, 4) is 0 Å². The highest BCUT2D eigenvalue weighted by molar-refractivity contribution is 5.73. The highest BCUT2D eigenvalue weighted by Gasteiger charge is 2.25. The molecule has 5 nitrogen and oxygen atoms in total. The van der Waals surface area contributed by atoms with Crippen LogP contribution in [0.4, 0.5) is 4.79 Å². The van der Waals surface area contributed by atoms with Gasteiger partial charge in [0, 0.05) is 19.5 Å². The Labute approximate surface area is 90.6 Å². The lowest BCUT2D eigenvalue weighted by Gasteiger charge is -2.18. The van der Waals surface area contributed by atoms with Crippen molar-refractivity contribution in [3.63, 3.8) is 0 Å². The van der Waals surface area contributed by atoms with Gasteiger partial charge in [0.1, 0.15) is 5.76 Å². The van der Waals surface area contributed by atoms with E-state index in [1.807, 2.05) is 6.20 Å². The first-order valence-corrected chi connectivity index (χ1v) is 4.90. The molecule has 1 aliphatic heterocycles. The van der Waals surface area contributed by atoms with Gasteiger partial charge in [0.15, 0.2) is 6.73 Å². The van der Waals surface area contributed by atoms with Crippen molar-refractivity contribution in [2.45, 2.75) is 20.8 Å². The van der Waals surface area contributed by atoms with E-state index in [4.69, 9.17) is 4.74 Å². The van der Waals surface area contributed by atoms with Crippen LogP contribution < -0.4 is 5.43 Å². The number of amides is 2. The second-order valence-corrected chi connectivity index (χ2v) is 4.80. The zero-order chi connectivity index (χ0) is 11.6. The predicted molar refractivity (Wildman–Crippen MR) is 57.5 cm³/mol. The molecule has 0 aromatic heterocycles. The summed E-state index contributed by atoms with van der Waals surface area (Å²) in [5.41, 5.74) is 2.67. The van der Waals surface area contributed by atoms with Gasteiger partial charge < -0.3 is 9.64 Å². The summed E-state index contributed by atoms with van der Waals surface area (Å²) < 4.78 is 5.46. The maximum atomic E-state index is 11.3. The van der Waals surface area contributed by atoms with E-state index in [2.05, 4.69) is 26.2 Å².